The second-order valence-electron chi connectivity index (χ2n) is 4.40. The van der Waals surface area contributed by atoms with Crippen LogP contribution in [-0.4, -0.2) is 37.8 Å². The third-order valence-electron chi connectivity index (χ3n) is 3.06. The van der Waals surface area contributed by atoms with Gasteiger partial charge < -0.3 is 5.73 Å². The molecule has 5 nitrogen and oxygen atoms in total. The fourth-order valence-corrected chi connectivity index (χ4v) is 3.35. The van der Waals surface area contributed by atoms with Crippen LogP contribution in [0.4, 0.5) is 0 Å². The van der Waals surface area contributed by atoms with Gasteiger partial charge in [0.25, 0.3) is 0 Å². The third-order valence-corrected chi connectivity index (χ3v) is 4.98. The van der Waals surface area contributed by atoms with Crippen LogP contribution in [0.25, 0.3) is 10.9 Å². The van der Waals surface area contributed by atoms with Crippen LogP contribution in [0.5, 0.6) is 0 Å². The summed E-state index contributed by atoms with van der Waals surface area (Å²) < 4.78 is 26.2. The lowest BCUT2D eigenvalue weighted by Gasteiger charge is -2.17. The normalized spacial score (nSPS) is 12.2. The van der Waals surface area contributed by atoms with E-state index < -0.39 is 10.0 Å². The molecule has 0 fully saturated rings. The highest BCUT2D eigenvalue weighted by Gasteiger charge is 2.23. The van der Waals surface area contributed by atoms with Gasteiger partial charge in [-0.05, 0) is 30.7 Å². The van der Waals surface area contributed by atoms with Crippen LogP contribution in [0.15, 0.2) is 35.4 Å². The summed E-state index contributed by atoms with van der Waals surface area (Å²) in [6.07, 6.45) is 1.66. The molecule has 0 aliphatic heterocycles. The van der Waals surface area contributed by atoms with E-state index in [4.69, 9.17) is 5.73 Å². The average molecular weight is 279 g/mol. The Balaban J connectivity index is 2.67. The molecule has 0 saturated carbocycles. The van der Waals surface area contributed by atoms with Crippen molar-refractivity contribution >= 4 is 20.9 Å². The fraction of sp³-hybridized carbons (Fsp3) is 0.308. The largest absolute Gasteiger partial charge is 0.329 e. The molecule has 0 radical (unpaired) electrons. The lowest BCUT2D eigenvalue weighted by atomic mass is 10.1. The number of nitrogens with zero attached hydrogens (tertiary/aromatic N) is 2. The molecule has 0 aliphatic carbocycles. The number of fused-ring (bicyclic) bond motifs is 1. The van der Waals surface area contributed by atoms with Crippen LogP contribution in [-0.2, 0) is 10.0 Å². The van der Waals surface area contributed by atoms with E-state index >= 15 is 0 Å². The lowest BCUT2D eigenvalue weighted by molar-refractivity contribution is 0.477. The van der Waals surface area contributed by atoms with E-state index in [1.54, 1.807) is 30.5 Å². The molecule has 1 heterocycles. The Labute approximate surface area is 113 Å². The molecule has 2 rings (SSSR count). The maximum Gasteiger partial charge on any atom is 0.243 e. The molecule has 102 valence electrons. The van der Waals surface area contributed by atoms with Gasteiger partial charge in [0, 0.05) is 31.7 Å². The molecule has 1 aromatic carbocycles. The van der Waals surface area contributed by atoms with Crippen LogP contribution < -0.4 is 5.73 Å². The first-order valence-electron chi connectivity index (χ1n) is 5.99. The summed E-state index contributed by atoms with van der Waals surface area (Å²) in [6, 6.07) is 6.92. The molecular weight excluding hydrogens is 262 g/mol. The number of pyridine rings is 1. The molecule has 1 aromatic heterocycles. The molecular formula is C13H17N3O2S. The Hall–Kier alpha value is -1.50. The van der Waals surface area contributed by atoms with Gasteiger partial charge >= 0.3 is 0 Å². The maximum absolute atomic E-state index is 12.5. The smallest absolute Gasteiger partial charge is 0.243 e. The second-order valence-corrected chi connectivity index (χ2v) is 6.41. The van der Waals surface area contributed by atoms with Crippen molar-refractivity contribution in [1.29, 1.82) is 0 Å². The Morgan fingerprint density at radius 1 is 1.32 bits per heavy atom. The first kappa shape index (κ1) is 13.9. The summed E-state index contributed by atoms with van der Waals surface area (Å²) >= 11 is 0. The average Bonchev–Trinajstić information content (AvgIpc) is 2.39. The van der Waals surface area contributed by atoms with Gasteiger partial charge in [0.1, 0.15) is 0 Å². The van der Waals surface area contributed by atoms with Gasteiger partial charge in [-0.15, -0.1) is 0 Å². The van der Waals surface area contributed by atoms with Crippen LogP contribution in [0.3, 0.4) is 0 Å². The minimum atomic E-state index is -3.53. The predicted molar refractivity (Wildman–Crippen MR) is 75.4 cm³/mol. The van der Waals surface area contributed by atoms with Gasteiger partial charge in [-0.2, -0.15) is 4.31 Å². The Morgan fingerprint density at radius 3 is 2.74 bits per heavy atom. The molecule has 0 saturated heterocycles. The first-order chi connectivity index (χ1) is 8.98. The van der Waals surface area contributed by atoms with E-state index in [0.717, 1.165) is 5.56 Å². The Kier molecular flexibility index (Phi) is 3.84. The highest BCUT2D eigenvalue weighted by Crippen LogP contribution is 2.26. The van der Waals surface area contributed by atoms with Crippen LogP contribution in [0.1, 0.15) is 5.56 Å². The quantitative estimate of drug-likeness (QED) is 0.910. The SMILES string of the molecule is Cc1ccc(S(=O)(=O)N(C)CCN)c2cccnc12. The van der Waals surface area contributed by atoms with Crippen molar-refractivity contribution in [3.8, 4) is 0 Å². The summed E-state index contributed by atoms with van der Waals surface area (Å²) in [5, 5.41) is 0.645. The monoisotopic (exact) mass is 279 g/mol. The highest BCUT2D eigenvalue weighted by atomic mass is 32.2. The molecule has 6 heteroatoms. The van der Waals surface area contributed by atoms with Gasteiger partial charge in [0.15, 0.2) is 0 Å². The molecule has 2 N–H and O–H groups in total. The number of hydrogen-bond donors (Lipinski definition) is 1. The van der Waals surface area contributed by atoms with Gasteiger partial charge in [-0.3, -0.25) is 4.98 Å². The zero-order chi connectivity index (χ0) is 14.0. The van der Waals surface area contributed by atoms with Gasteiger partial charge in [0.05, 0.1) is 10.4 Å². The molecule has 0 spiro atoms. The molecule has 0 atom stereocenters. The summed E-state index contributed by atoms with van der Waals surface area (Å²) in [6.45, 7) is 2.49. The lowest BCUT2D eigenvalue weighted by Crippen LogP contribution is -2.31. The summed E-state index contributed by atoms with van der Waals surface area (Å²) in [5.41, 5.74) is 7.09. The van der Waals surface area contributed by atoms with Crippen molar-refractivity contribution < 1.29 is 8.42 Å². The van der Waals surface area contributed by atoms with Crippen molar-refractivity contribution in [1.82, 2.24) is 9.29 Å². The van der Waals surface area contributed by atoms with Crippen molar-refractivity contribution in [2.45, 2.75) is 11.8 Å². The second kappa shape index (κ2) is 5.24. The first-order valence-corrected chi connectivity index (χ1v) is 7.43. The standard InChI is InChI=1S/C13H17N3O2S/c1-10-5-6-12(11-4-3-8-15-13(10)11)19(17,18)16(2)9-7-14/h3-6,8H,7,9,14H2,1-2H3. The van der Waals surface area contributed by atoms with Gasteiger partial charge in [0.2, 0.25) is 10.0 Å². The van der Waals surface area contributed by atoms with E-state index in [9.17, 15) is 8.42 Å². The van der Waals surface area contributed by atoms with Crippen LogP contribution in [0, 0.1) is 6.92 Å². The number of hydrogen-bond acceptors (Lipinski definition) is 4. The molecule has 0 unspecified atom stereocenters. The molecule has 0 bridgehead atoms. The zero-order valence-corrected chi connectivity index (χ0v) is 11.8. The van der Waals surface area contributed by atoms with Crippen molar-refractivity contribution in [3.05, 3.63) is 36.0 Å². The minimum absolute atomic E-state index is 0.275. The summed E-state index contributed by atoms with van der Waals surface area (Å²) in [7, 11) is -2.00. The number of sulfonamides is 1. The van der Waals surface area contributed by atoms with Crippen molar-refractivity contribution in [3.63, 3.8) is 0 Å². The predicted octanol–water partition coefficient (Wildman–Crippen LogP) is 1.12. The number of aryl methyl sites for hydroxylation is 1. The molecule has 0 amide bonds. The molecule has 19 heavy (non-hydrogen) atoms. The topological polar surface area (TPSA) is 76.3 Å². The Morgan fingerprint density at radius 2 is 2.05 bits per heavy atom. The van der Waals surface area contributed by atoms with Gasteiger partial charge in [-0.25, -0.2) is 8.42 Å². The van der Waals surface area contributed by atoms with E-state index in [1.807, 2.05) is 6.92 Å². The maximum atomic E-state index is 12.5. The van der Waals surface area contributed by atoms with E-state index in [2.05, 4.69) is 4.98 Å². The summed E-state index contributed by atoms with van der Waals surface area (Å²) in [4.78, 5) is 4.53. The van der Waals surface area contributed by atoms with E-state index in [1.165, 1.54) is 11.4 Å². The number of aromatic nitrogens is 1. The molecule has 2 aromatic rings. The van der Waals surface area contributed by atoms with Crippen molar-refractivity contribution in [2.24, 2.45) is 5.73 Å². The number of nitrogens with two attached hydrogens (primary N) is 1. The zero-order valence-electron chi connectivity index (χ0n) is 11.0. The molecule has 0 aliphatic rings. The summed E-state index contributed by atoms with van der Waals surface area (Å²) in [5.74, 6) is 0. The minimum Gasteiger partial charge on any atom is -0.329 e. The number of rotatable bonds is 4. The van der Waals surface area contributed by atoms with Crippen LogP contribution in [0.2, 0.25) is 0 Å². The third kappa shape index (κ3) is 2.47. The number of likely N-dealkylation sites (N-methyl/N-ethyl adjacent to an activating group) is 1. The number of benzene rings is 1. The fourth-order valence-electron chi connectivity index (χ4n) is 1.98. The van der Waals surface area contributed by atoms with E-state index in [0.29, 0.717) is 10.9 Å². The Bertz CT molecular complexity index is 698. The highest BCUT2D eigenvalue weighted by molar-refractivity contribution is 7.89. The van der Waals surface area contributed by atoms with Crippen LogP contribution >= 0.6 is 0 Å². The van der Waals surface area contributed by atoms with Gasteiger partial charge in [-0.1, -0.05) is 6.07 Å². The van der Waals surface area contributed by atoms with Crippen molar-refractivity contribution in [2.75, 3.05) is 20.1 Å². The van der Waals surface area contributed by atoms with E-state index in [-0.39, 0.29) is 18.0 Å².